The van der Waals surface area contributed by atoms with Crippen molar-refractivity contribution in [1.29, 1.82) is 0 Å². The Morgan fingerprint density at radius 1 is 1.38 bits per heavy atom. The standard InChI is InChI=1S/C16H24N2O2S/c1-11(17-15-5-6-15)8-13-4-7-16-14(10-13)9-12(2)18(16)21(3,19)20/h4,7,10-12,15,17H,5-6,8-9H2,1-3H3. The molecule has 1 aliphatic heterocycles. The van der Waals surface area contributed by atoms with Gasteiger partial charge in [-0.3, -0.25) is 4.31 Å². The van der Waals surface area contributed by atoms with Crippen LogP contribution in [0.25, 0.3) is 0 Å². The van der Waals surface area contributed by atoms with Gasteiger partial charge in [0.2, 0.25) is 10.0 Å². The van der Waals surface area contributed by atoms with Crippen LogP contribution >= 0.6 is 0 Å². The predicted octanol–water partition coefficient (Wildman–Crippen LogP) is 2.08. The predicted molar refractivity (Wildman–Crippen MR) is 86.3 cm³/mol. The van der Waals surface area contributed by atoms with Crippen molar-refractivity contribution in [2.45, 2.75) is 57.7 Å². The number of fused-ring (bicyclic) bond motifs is 1. The highest BCUT2D eigenvalue weighted by Crippen LogP contribution is 2.35. The average molecular weight is 308 g/mol. The summed E-state index contributed by atoms with van der Waals surface area (Å²) in [5.74, 6) is 0. The first-order chi connectivity index (χ1) is 9.84. The lowest BCUT2D eigenvalue weighted by atomic mass is 10.0. The first-order valence-electron chi connectivity index (χ1n) is 7.72. The van der Waals surface area contributed by atoms with Crippen molar-refractivity contribution in [1.82, 2.24) is 5.32 Å². The molecule has 1 aromatic rings. The van der Waals surface area contributed by atoms with Crippen molar-refractivity contribution in [2.75, 3.05) is 10.6 Å². The number of hydrogen-bond acceptors (Lipinski definition) is 3. The highest BCUT2D eigenvalue weighted by atomic mass is 32.2. The first-order valence-corrected chi connectivity index (χ1v) is 9.56. The van der Waals surface area contributed by atoms with Crippen molar-refractivity contribution in [3.8, 4) is 0 Å². The van der Waals surface area contributed by atoms with Gasteiger partial charge in [0.1, 0.15) is 0 Å². The van der Waals surface area contributed by atoms with E-state index in [-0.39, 0.29) is 6.04 Å². The lowest BCUT2D eigenvalue weighted by Crippen LogP contribution is -2.34. The molecule has 1 fully saturated rings. The molecule has 3 rings (SSSR count). The highest BCUT2D eigenvalue weighted by molar-refractivity contribution is 7.92. The van der Waals surface area contributed by atoms with Crippen LogP contribution in [0, 0.1) is 0 Å². The minimum atomic E-state index is -3.19. The summed E-state index contributed by atoms with van der Waals surface area (Å²) in [5, 5.41) is 3.61. The van der Waals surface area contributed by atoms with Crippen LogP contribution in [0.3, 0.4) is 0 Å². The van der Waals surface area contributed by atoms with E-state index in [1.165, 1.54) is 24.7 Å². The molecule has 116 valence electrons. The molecule has 0 amide bonds. The van der Waals surface area contributed by atoms with Crippen LogP contribution in [-0.4, -0.2) is 32.8 Å². The molecule has 0 saturated heterocycles. The van der Waals surface area contributed by atoms with E-state index in [4.69, 9.17) is 0 Å². The number of anilines is 1. The van der Waals surface area contributed by atoms with Gasteiger partial charge in [-0.25, -0.2) is 8.42 Å². The second kappa shape index (κ2) is 5.29. The summed E-state index contributed by atoms with van der Waals surface area (Å²) in [5.41, 5.74) is 3.30. The molecule has 0 aromatic heterocycles. The molecule has 0 radical (unpaired) electrons. The van der Waals surface area contributed by atoms with Crippen molar-refractivity contribution in [2.24, 2.45) is 0 Å². The summed E-state index contributed by atoms with van der Waals surface area (Å²) in [6, 6.07) is 7.43. The van der Waals surface area contributed by atoms with Crippen molar-refractivity contribution in [3.63, 3.8) is 0 Å². The van der Waals surface area contributed by atoms with Gasteiger partial charge in [0.15, 0.2) is 0 Å². The topological polar surface area (TPSA) is 49.4 Å². The van der Waals surface area contributed by atoms with Gasteiger partial charge in [-0.2, -0.15) is 0 Å². The third kappa shape index (κ3) is 3.24. The maximum absolute atomic E-state index is 11.9. The number of nitrogens with one attached hydrogen (secondary N) is 1. The van der Waals surface area contributed by atoms with Crippen molar-refractivity contribution in [3.05, 3.63) is 29.3 Å². The molecule has 1 heterocycles. The summed E-state index contributed by atoms with van der Waals surface area (Å²) in [4.78, 5) is 0. The fourth-order valence-electron chi connectivity index (χ4n) is 3.35. The van der Waals surface area contributed by atoms with E-state index in [1.807, 2.05) is 13.0 Å². The zero-order valence-electron chi connectivity index (χ0n) is 13.0. The Morgan fingerprint density at radius 3 is 2.71 bits per heavy atom. The quantitative estimate of drug-likeness (QED) is 0.906. The minimum absolute atomic E-state index is 0.0206. The Morgan fingerprint density at radius 2 is 2.10 bits per heavy atom. The molecule has 1 aliphatic carbocycles. The van der Waals surface area contributed by atoms with Gasteiger partial charge in [-0.1, -0.05) is 12.1 Å². The maximum Gasteiger partial charge on any atom is 0.232 e. The monoisotopic (exact) mass is 308 g/mol. The highest BCUT2D eigenvalue weighted by Gasteiger charge is 2.32. The molecule has 0 spiro atoms. The average Bonchev–Trinajstić information content (AvgIpc) is 3.07. The molecule has 2 atom stereocenters. The number of hydrogen-bond donors (Lipinski definition) is 1. The van der Waals surface area contributed by atoms with Gasteiger partial charge in [-0.15, -0.1) is 0 Å². The van der Waals surface area contributed by atoms with Gasteiger partial charge in [0.05, 0.1) is 11.9 Å². The SMILES string of the molecule is CC(Cc1ccc2c(c1)CC(C)N2S(C)(=O)=O)NC1CC1. The lowest BCUT2D eigenvalue weighted by molar-refractivity contribution is 0.542. The van der Waals surface area contributed by atoms with Crippen molar-refractivity contribution >= 4 is 15.7 Å². The first kappa shape index (κ1) is 14.9. The van der Waals surface area contributed by atoms with E-state index in [0.29, 0.717) is 6.04 Å². The van der Waals surface area contributed by atoms with Crippen LogP contribution < -0.4 is 9.62 Å². The van der Waals surface area contributed by atoms with E-state index in [2.05, 4.69) is 24.4 Å². The normalized spacial score (nSPS) is 23.2. The summed E-state index contributed by atoms with van der Waals surface area (Å²) in [6.07, 6.45) is 5.69. The Bertz CT molecular complexity index is 638. The summed E-state index contributed by atoms with van der Waals surface area (Å²) < 4.78 is 25.4. The molecule has 4 nitrogen and oxygen atoms in total. The van der Waals surface area contributed by atoms with E-state index in [0.717, 1.165) is 30.1 Å². The fourth-order valence-corrected chi connectivity index (χ4v) is 4.62. The Balaban J connectivity index is 1.78. The van der Waals surface area contributed by atoms with Crippen LogP contribution in [0.5, 0.6) is 0 Å². The minimum Gasteiger partial charge on any atom is -0.311 e. The molecule has 2 unspecified atom stereocenters. The number of sulfonamides is 1. The van der Waals surface area contributed by atoms with Crippen LogP contribution in [-0.2, 0) is 22.9 Å². The van der Waals surface area contributed by atoms with Gasteiger partial charge in [0.25, 0.3) is 0 Å². The zero-order chi connectivity index (χ0) is 15.2. The van der Waals surface area contributed by atoms with Gasteiger partial charge in [-0.05, 0) is 56.7 Å². The molecule has 2 aliphatic rings. The molecule has 5 heteroatoms. The Kier molecular flexibility index (Phi) is 3.74. The largest absolute Gasteiger partial charge is 0.311 e. The summed E-state index contributed by atoms with van der Waals surface area (Å²) in [6.45, 7) is 4.19. The third-order valence-corrected chi connectivity index (χ3v) is 5.56. The van der Waals surface area contributed by atoms with E-state index >= 15 is 0 Å². The van der Waals surface area contributed by atoms with Gasteiger partial charge < -0.3 is 5.32 Å². The van der Waals surface area contributed by atoms with Crippen LogP contribution in [0.15, 0.2) is 18.2 Å². The van der Waals surface area contributed by atoms with Crippen LogP contribution in [0.2, 0.25) is 0 Å². The Hall–Kier alpha value is -1.07. The van der Waals surface area contributed by atoms with Crippen molar-refractivity contribution < 1.29 is 8.42 Å². The van der Waals surface area contributed by atoms with E-state index in [9.17, 15) is 8.42 Å². The summed E-state index contributed by atoms with van der Waals surface area (Å²) >= 11 is 0. The maximum atomic E-state index is 11.9. The Labute approximate surface area is 127 Å². The van der Waals surface area contributed by atoms with Crippen LogP contribution in [0.4, 0.5) is 5.69 Å². The molecular weight excluding hydrogens is 284 g/mol. The number of nitrogens with zero attached hydrogens (tertiary/aromatic N) is 1. The third-order valence-electron chi connectivity index (χ3n) is 4.29. The van der Waals surface area contributed by atoms with Gasteiger partial charge >= 0.3 is 0 Å². The molecule has 1 N–H and O–H groups in total. The molecule has 0 bridgehead atoms. The number of benzene rings is 1. The van der Waals surface area contributed by atoms with E-state index in [1.54, 1.807) is 4.31 Å². The molecule has 21 heavy (non-hydrogen) atoms. The molecule has 1 saturated carbocycles. The molecule has 1 aromatic carbocycles. The summed E-state index contributed by atoms with van der Waals surface area (Å²) in [7, 11) is -3.19. The van der Waals surface area contributed by atoms with Gasteiger partial charge in [0, 0.05) is 18.1 Å². The smallest absolute Gasteiger partial charge is 0.232 e. The second-order valence-corrected chi connectivity index (χ2v) is 8.48. The molecular formula is C16H24N2O2S. The zero-order valence-corrected chi connectivity index (χ0v) is 13.8. The lowest BCUT2D eigenvalue weighted by Gasteiger charge is -2.22. The fraction of sp³-hybridized carbons (Fsp3) is 0.625. The van der Waals surface area contributed by atoms with E-state index < -0.39 is 10.0 Å². The second-order valence-electron chi connectivity index (χ2n) is 6.62. The van der Waals surface area contributed by atoms with Crippen LogP contribution in [0.1, 0.15) is 37.8 Å². The number of rotatable bonds is 5.